The monoisotopic (exact) mass is 175 g/mol. The van der Waals surface area contributed by atoms with E-state index in [4.69, 9.17) is 4.84 Å². The summed E-state index contributed by atoms with van der Waals surface area (Å²) in [7, 11) is 0. The molecule has 0 aromatic heterocycles. The first-order valence-electron chi connectivity index (χ1n) is 4.43. The van der Waals surface area contributed by atoms with Crippen LogP contribution in [0.5, 0.6) is 0 Å². The van der Waals surface area contributed by atoms with Crippen molar-refractivity contribution >= 4 is 0 Å². The molecule has 0 saturated carbocycles. The molecule has 0 saturated heterocycles. The van der Waals surface area contributed by atoms with Gasteiger partial charge in [0.15, 0.2) is 0 Å². The van der Waals surface area contributed by atoms with E-state index in [2.05, 4.69) is 37.5 Å². The molecule has 1 aliphatic heterocycles. The highest BCUT2D eigenvalue weighted by Crippen LogP contribution is 2.26. The molecule has 1 unspecified atom stereocenters. The average Bonchev–Trinajstić information content (AvgIpc) is 2.57. The van der Waals surface area contributed by atoms with E-state index in [9.17, 15) is 0 Å². The van der Waals surface area contributed by atoms with Crippen LogP contribution in [0.25, 0.3) is 0 Å². The van der Waals surface area contributed by atoms with Gasteiger partial charge in [-0.3, -0.25) is 10.3 Å². The number of rotatable bonds is 1. The molecule has 68 valence electrons. The van der Waals surface area contributed by atoms with Gasteiger partial charge in [0.25, 0.3) is 0 Å². The Morgan fingerprint density at radius 3 is 2.46 bits per heavy atom. The summed E-state index contributed by atoms with van der Waals surface area (Å²) in [4.78, 5) is 5.34. The Hall–Kier alpha value is -1.28. The van der Waals surface area contributed by atoms with Crippen LogP contribution in [0.4, 0.5) is 0 Å². The third-order valence-electron chi connectivity index (χ3n) is 2.36. The standard InChI is InChI=1S/C11H13NO/c1-8-4-3-5-9(2)11(8)10-6-7-12-13-10/h3-7,10,12H,1-2H3. The Kier molecular flexibility index (Phi) is 2.07. The lowest BCUT2D eigenvalue weighted by Crippen LogP contribution is -2.06. The quantitative estimate of drug-likeness (QED) is 0.707. The van der Waals surface area contributed by atoms with Crippen LogP contribution in [0.1, 0.15) is 22.8 Å². The summed E-state index contributed by atoms with van der Waals surface area (Å²) in [5.74, 6) is 0. The topological polar surface area (TPSA) is 21.3 Å². The highest BCUT2D eigenvalue weighted by molar-refractivity contribution is 5.37. The Balaban J connectivity index is 2.43. The van der Waals surface area contributed by atoms with Gasteiger partial charge in [-0.05, 0) is 36.6 Å². The smallest absolute Gasteiger partial charge is 0.131 e. The van der Waals surface area contributed by atoms with Gasteiger partial charge in [-0.1, -0.05) is 18.2 Å². The highest BCUT2D eigenvalue weighted by Gasteiger charge is 2.16. The van der Waals surface area contributed by atoms with Crippen molar-refractivity contribution in [1.82, 2.24) is 5.48 Å². The van der Waals surface area contributed by atoms with Crippen molar-refractivity contribution in [2.24, 2.45) is 0 Å². The van der Waals surface area contributed by atoms with Gasteiger partial charge in [-0.15, -0.1) is 0 Å². The highest BCUT2D eigenvalue weighted by atomic mass is 16.7. The fourth-order valence-corrected chi connectivity index (χ4v) is 1.71. The van der Waals surface area contributed by atoms with Crippen LogP contribution in [0.3, 0.4) is 0 Å². The second-order valence-electron chi connectivity index (χ2n) is 3.32. The van der Waals surface area contributed by atoms with E-state index < -0.39 is 0 Å². The molecule has 0 aliphatic carbocycles. The Labute approximate surface area is 78.2 Å². The van der Waals surface area contributed by atoms with E-state index in [1.165, 1.54) is 16.7 Å². The minimum absolute atomic E-state index is 0.0706. The van der Waals surface area contributed by atoms with Gasteiger partial charge < -0.3 is 0 Å². The lowest BCUT2D eigenvalue weighted by atomic mass is 9.98. The Bertz CT molecular complexity index is 324. The molecule has 13 heavy (non-hydrogen) atoms. The van der Waals surface area contributed by atoms with Crippen molar-refractivity contribution in [1.29, 1.82) is 0 Å². The maximum absolute atomic E-state index is 5.34. The molecule has 1 heterocycles. The average molecular weight is 175 g/mol. The van der Waals surface area contributed by atoms with Gasteiger partial charge in [0.2, 0.25) is 0 Å². The van der Waals surface area contributed by atoms with Gasteiger partial charge in [-0.25, -0.2) is 0 Å². The van der Waals surface area contributed by atoms with Crippen molar-refractivity contribution in [2.45, 2.75) is 20.0 Å². The van der Waals surface area contributed by atoms with Crippen LogP contribution in [0.15, 0.2) is 30.5 Å². The first-order chi connectivity index (χ1) is 6.29. The molecule has 1 atom stereocenters. The fourth-order valence-electron chi connectivity index (χ4n) is 1.71. The number of aryl methyl sites for hydroxylation is 2. The van der Waals surface area contributed by atoms with E-state index in [1.54, 1.807) is 0 Å². The molecule has 1 N–H and O–H groups in total. The van der Waals surface area contributed by atoms with Crippen molar-refractivity contribution in [2.75, 3.05) is 0 Å². The van der Waals surface area contributed by atoms with E-state index in [1.807, 2.05) is 12.3 Å². The van der Waals surface area contributed by atoms with Crippen LogP contribution < -0.4 is 5.48 Å². The van der Waals surface area contributed by atoms with E-state index >= 15 is 0 Å². The number of hydroxylamine groups is 1. The zero-order valence-corrected chi connectivity index (χ0v) is 7.87. The van der Waals surface area contributed by atoms with Crippen LogP contribution >= 0.6 is 0 Å². The largest absolute Gasteiger partial charge is 0.274 e. The van der Waals surface area contributed by atoms with Crippen molar-refractivity contribution in [3.8, 4) is 0 Å². The first-order valence-corrected chi connectivity index (χ1v) is 4.43. The summed E-state index contributed by atoms with van der Waals surface area (Å²) in [6, 6.07) is 6.29. The number of hydrogen-bond donors (Lipinski definition) is 1. The molecule has 1 aromatic rings. The minimum Gasteiger partial charge on any atom is -0.274 e. The SMILES string of the molecule is Cc1cccc(C)c1C1C=CNO1. The lowest BCUT2D eigenvalue weighted by Gasteiger charge is -2.13. The lowest BCUT2D eigenvalue weighted by molar-refractivity contribution is 0.0463. The van der Waals surface area contributed by atoms with Gasteiger partial charge in [0.05, 0.1) is 0 Å². The van der Waals surface area contributed by atoms with E-state index in [0.717, 1.165) is 0 Å². The minimum atomic E-state index is 0.0706. The van der Waals surface area contributed by atoms with Gasteiger partial charge in [-0.2, -0.15) is 0 Å². The molecule has 0 spiro atoms. The molecule has 0 fully saturated rings. The van der Waals surface area contributed by atoms with Crippen molar-refractivity contribution in [3.05, 3.63) is 47.2 Å². The van der Waals surface area contributed by atoms with Gasteiger partial charge >= 0.3 is 0 Å². The summed E-state index contributed by atoms with van der Waals surface area (Å²) in [6.07, 6.45) is 3.92. The molecule has 0 radical (unpaired) electrons. The summed E-state index contributed by atoms with van der Waals surface area (Å²) >= 11 is 0. The summed E-state index contributed by atoms with van der Waals surface area (Å²) < 4.78 is 0. The molecule has 0 bridgehead atoms. The number of benzene rings is 1. The van der Waals surface area contributed by atoms with E-state index in [0.29, 0.717) is 0 Å². The second kappa shape index (κ2) is 3.23. The summed E-state index contributed by atoms with van der Waals surface area (Å²) in [5, 5.41) is 0. The maximum Gasteiger partial charge on any atom is 0.131 e. The van der Waals surface area contributed by atoms with Crippen LogP contribution in [0.2, 0.25) is 0 Å². The first kappa shape index (κ1) is 8.32. The second-order valence-corrected chi connectivity index (χ2v) is 3.32. The maximum atomic E-state index is 5.34. The fraction of sp³-hybridized carbons (Fsp3) is 0.273. The van der Waals surface area contributed by atoms with Gasteiger partial charge in [0.1, 0.15) is 6.10 Å². The predicted molar refractivity (Wildman–Crippen MR) is 52.0 cm³/mol. The van der Waals surface area contributed by atoms with Crippen LogP contribution in [-0.2, 0) is 4.84 Å². The van der Waals surface area contributed by atoms with Crippen LogP contribution in [-0.4, -0.2) is 0 Å². The summed E-state index contributed by atoms with van der Waals surface area (Å²) in [6.45, 7) is 4.22. The molecule has 2 rings (SSSR count). The molecule has 2 nitrogen and oxygen atoms in total. The molecule has 0 amide bonds. The van der Waals surface area contributed by atoms with Crippen molar-refractivity contribution in [3.63, 3.8) is 0 Å². The third-order valence-corrected chi connectivity index (χ3v) is 2.36. The van der Waals surface area contributed by atoms with E-state index in [-0.39, 0.29) is 6.10 Å². The molecule has 2 heteroatoms. The summed E-state index contributed by atoms with van der Waals surface area (Å²) in [5.41, 5.74) is 6.56. The Morgan fingerprint density at radius 1 is 1.23 bits per heavy atom. The number of nitrogens with one attached hydrogen (secondary N) is 1. The zero-order chi connectivity index (χ0) is 9.26. The normalized spacial score (nSPS) is 20.3. The van der Waals surface area contributed by atoms with Crippen LogP contribution in [0, 0.1) is 13.8 Å². The zero-order valence-electron chi connectivity index (χ0n) is 7.87. The van der Waals surface area contributed by atoms with Gasteiger partial charge in [0, 0.05) is 6.20 Å². The number of hydrogen-bond acceptors (Lipinski definition) is 2. The molecular formula is C11H13NO. The Morgan fingerprint density at radius 2 is 1.92 bits per heavy atom. The third kappa shape index (κ3) is 1.45. The predicted octanol–water partition coefficient (Wildman–Crippen LogP) is 2.39. The molecular weight excluding hydrogens is 162 g/mol. The van der Waals surface area contributed by atoms with Crippen molar-refractivity contribution < 1.29 is 4.84 Å². The molecule has 1 aromatic carbocycles. The molecule has 1 aliphatic rings.